The number of aryl methyl sites for hydroxylation is 1. The van der Waals surface area contributed by atoms with Gasteiger partial charge in [-0.25, -0.2) is 0 Å². The summed E-state index contributed by atoms with van der Waals surface area (Å²) < 4.78 is 0. The first-order valence-electron chi connectivity index (χ1n) is 6.59. The Kier molecular flexibility index (Phi) is 3.72. The quantitative estimate of drug-likeness (QED) is 0.651. The summed E-state index contributed by atoms with van der Waals surface area (Å²) in [6.07, 6.45) is 6.70. The van der Waals surface area contributed by atoms with Gasteiger partial charge in [-0.05, 0) is 58.4 Å². The highest BCUT2D eigenvalue weighted by atomic mass is 32.1. The first kappa shape index (κ1) is 13.5. The minimum absolute atomic E-state index is 0.217. The molecule has 2 rings (SSSR count). The molecular weight excluding hydrogens is 236 g/mol. The van der Waals surface area contributed by atoms with Gasteiger partial charge in [0.05, 0.1) is 0 Å². The largest absolute Gasteiger partial charge is 0.148 e. The number of hydrogen-bond acceptors (Lipinski definition) is 1. The molecule has 1 aliphatic rings. The van der Waals surface area contributed by atoms with E-state index in [2.05, 4.69) is 70.7 Å². The van der Waals surface area contributed by atoms with Crippen molar-refractivity contribution in [2.24, 2.45) is 0 Å². The van der Waals surface area contributed by atoms with Crippen LogP contribution in [0, 0.1) is 6.92 Å². The van der Waals surface area contributed by atoms with E-state index in [1.54, 1.807) is 0 Å². The first-order chi connectivity index (χ1) is 8.38. The molecule has 0 aliphatic heterocycles. The van der Waals surface area contributed by atoms with Crippen molar-refractivity contribution in [1.29, 1.82) is 0 Å². The van der Waals surface area contributed by atoms with E-state index < -0.39 is 0 Å². The van der Waals surface area contributed by atoms with E-state index in [0.29, 0.717) is 0 Å². The molecule has 0 spiro atoms. The maximum atomic E-state index is 4.49. The smallest absolute Gasteiger partial charge is 0.0132 e. The van der Waals surface area contributed by atoms with Gasteiger partial charge in [-0.15, -0.1) is 12.6 Å². The normalized spacial score (nSPS) is 16.3. The molecule has 0 fully saturated rings. The molecule has 0 atom stereocenters. The van der Waals surface area contributed by atoms with Crippen LogP contribution in [0.4, 0.5) is 0 Å². The fourth-order valence-electron chi connectivity index (χ4n) is 2.33. The molecule has 1 aromatic carbocycles. The van der Waals surface area contributed by atoms with Crippen molar-refractivity contribution in [3.63, 3.8) is 0 Å². The Morgan fingerprint density at radius 1 is 1.17 bits per heavy atom. The zero-order chi connectivity index (χ0) is 13.3. The van der Waals surface area contributed by atoms with Gasteiger partial charge in [-0.2, -0.15) is 0 Å². The zero-order valence-electron chi connectivity index (χ0n) is 11.7. The summed E-state index contributed by atoms with van der Waals surface area (Å²) in [5, 5.41) is 0. The van der Waals surface area contributed by atoms with E-state index in [9.17, 15) is 0 Å². The van der Waals surface area contributed by atoms with E-state index in [0.717, 1.165) is 12.8 Å². The van der Waals surface area contributed by atoms with Crippen LogP contribution < -0.4 is 0 Å². The molecule has 0 saturated heterocycles. The van der Waals surface area contributed by atoms with Crippen LogP contribution in [0.15, 0.2) is 35.3 Å². The third kappa shape index (κ3) is 2.89. The number of benzene rings is 1. The summed E-state index contributed by atoms with van der Waals surface area (Å²) in [7, 11) is 0. The third-order valence-electron chi connectivity index (χ3n) is 3.49. The van der Waals surface area contributed by atoms with E-state index in [1.807, 2.05) is 0 Å². The Labute approximate surface area is 116 Å². The summed E-state index contributed by atoms with van der Waals surface area (Å²) in [5.41, 5.74) is 5.64. The second kappa shape index (κ2) is 4.97. The van der Waals surface area contributed by atoms with Gasteiger partial charge < -0.3 is 0 Å². The van der Waals surface area contributed by atoms with Crippen LogP contribution in [0.5, 0.6) is 0 Å². The lowest BCUT2D eigenvalue weighted by Crippen LogP contribution is -2.11. The van der Waals surface area contributed by atoms with Gasteiger partial charge in [-0.1, -0.05) is 45.0 Å². The monoisotopic (exact) mass is 258 g/mol. The molecule has 1 aliphatic carbocycles. The van der Waals surface area contributed by atoms with Crippen LogP contribution in [-0.2, 0) is 5.41 Å². The number of thiol groups is 1. The maximum Gasteiger partial charge on any atom is -0.0132 e. The second-order valence-corrected chi connectivity index (χ2v) is 6.69. The highest BCUT2D eigenvalue weighted by molar-refractivity contribution is 7.84. The average molecular weight is 258 g/mol. The molecule has 0 N–H and O–H groups in total. The molecule has 0 radical (unpaired) electrons. The molecule has 0 nitrogen and oxygen atoms in total. The van der Waals surface area contributed by atoms with Crippen molar-refractivity contribution in [3.05, 3.63) is 51.9 Å². The molecule has 0 aromatic heterocycles. The van der Waals surface area contributed by atoms with Gasteiger partial charge >= 0.3 is 0 Å². The van der Waals surface area contributed by atoms with Gasteiger partial charge in [-0.3, -0.25) is 0 Å². The number of allylic oxidation sites excluding steroid dienone is 4. The van der Waals surface area contributed by atoms with Crippen LogP contribution in [0.25, 0.3) is 5.57 Å². The Bertz CT molecular complexity index is 513. The standard InChI is InChI=1S/C17H22S/c1-12-10-14(17(2,3)4)8-9-16(12)13-6-5-7-15(18)11-13/h6,8-11,18H,5,7H2,1-4H3. The van der Waals surface area contributed by atoms with Crippen LogP contribution in [0.2, 0.25) is 0 Å². The van der Waals surface area contributed by atoms with Gasteiger partial charge in [0.15, 0.2) is 0 Å². The SMILES string of the molecule is Cc1cc(C(C)(C)C)ccc1C1=CCCC(S)=C1. The van der Waals surface area contributed by atoms with Gasteiger partial charge in [0.25, 0.3) is 0 Å². The van der Waals surface area contributed by atoms with E-state index >= 15 is 0 Å². The molecule has 0 saturated carbocycles. The van der Waals surface area contributed by atoms with Crippen molar-refractivity contribution in [3.8, 4) is 0 Å². The molecule has 0 unspecified atom stereocenters. The Morgan fingerprint density at radius 2 is 1.89 bits per heavy atom. The fraction of sp³-hybridized carbons (Fsp3) is 0.412. The molecule has 1 aromatic rings. The molecule has 18 heavy (non-hydrogen) atoms. The van der Waals surface area contributed by atoms with Crippen molar-refractivity contribution in [1.82, 2.24) is 0 Å². The Morgan fingerprint density at radius 3 is 2.44 bits per heavy atom. The summed E-state index contributed by atoms with van der Waals surface area (Å²) >= 11 is 4.49. The first-order valence-corrected chi connectivity index (χ1v) is 7.04. The van der Waals surface area contributed by atoms with Crippen molar-refractivity contribution >= 4 is 18.2 Å². The Hall–Kier alpha value is -0.950. The molecule has 1 heteroatoms. The van der Waals surface area contributed by atoms with Gasteiger partial charge in [0, 0.05) is 0 Å². The average Bonchev–Trinajstić information content (AvgIpc) is 2.27. The lowest BCUT2D eigenvalue weighted by Gasteiger charge is -2.21. The van der Waals surface area contributed by atoms with Crippen LogP contribution >= 0.6 is 12.6 Å². The molecule has 0 bridgehead atoms. The minimum Gasteiger partial charge on any atom is -0.148 e. The third-order valence-corrected chi connectivity index (χ3v) is 3.84. The van der Waals surface area contributed by atoms with E-state index in [4.69, 9.17) is 0 Å². The lowest BCUT2D eigenvalue weighted by molar-refractivity contribution is 0.589. The van der Waals surface area contributed by atoms with Crippen molar-refractivity contribution in [2.75, 3.05) is 0 Å². The zero-order valence-corrected chi connectivity index (χ0v) is 12.6. The van der Waals surface area contributed by atoms with E-state index in [1.165, 1.54) is 27.2 Å². The summed E-state index contributed by atoms with van der Waals surface area (Å²) in [6, 6.07) is 6.82. The molecule has 0 heterocycles. The highest BCUT2D eigenvalue weighted by Crippen LogP contribution is 2.31. The summed E-state index contributed by atoms with van der Waals surface area (Å²) in [6.45, 7) is 8.97. The van der Waals surface area contributed by atoms with Crippen molar-refractivity contribution in [2.45, 2.75) is 46.0 Å². The summed E-state index contributed by atoms with van der Waals surface area (Å²) in [5.74, 6) is 0. The van der Waals surface area contributed by atoms with E-state index in [-0.39, 0.29) is 5.41 Å². The predicted octanol–water partition coefficient (Wildman–Crippen LogP) is 5.28. The predicted molar refractivity (Wildman–Crippen MR) is 84.2 cm³/mol. The molecule has 0 amide bonds. The Balaban J connectivity index is 2.40. The van der Waals surface area contributed by atoms with Gasteiger partial charge in [0.1, 0.15) is 0 Å². The second-order valence-electron chi connectivity index (χ2n) is 6.11. The van der Waals surface area contributed by atoms with Crippen LogP contribution in [-0.4, -0.2) is 0 Å². The lowest BCUT2D eigenvalue weighted by atomic mass is 9.84. The minimum atomic E-state index is 0.217. The van der Waals surface area contributed by atoms with Crippen LogP contribution in [0.3, 0.4) is 0 Å². The molecular formula is C17H22S. The number of hydrogen-bond donors (Lipinski definition) is 1. The highest BCUT2D eigenvalue weighted by Gasteiger charge is 2.15. The van der Waals surface area contributed by atoms with Crippen LogP contribution in [0.1, 0.15) is 50.3 Å². The van der Waals surface area contributed by atoms with Crippen molar-refractivity contribution < 1.29 is 0 Å². The topological polar surface area (TPSA) is 0 Å². The summed E-state index contributed by atoms with van der Waals surface area (Å²) in [4.78, 5) is 1.19. The number of rotatable bonds is 1. The molecule has 96 valence electrons. The van der Waals surface area contributed by atoms with Gasteiger partial charge in [0.2, 0.25) is 0 Å². The maximum absolute atomic E-state index is 4.49. The fourth-order valence-corrected chi connectivity index (χ4v) is 2.60.